The van der Waals surface area contributed by atoms with Gasteiger partial charge in [0.25, 0.3) is 0 Å². The molecule has 0 aliphatic carbocycles. The maximum Gasteiger partial charge on any atom is 0.190 e. The number of ketones is 1. The largest absolute Gasteiger partial charge is 0.494 e. The van der Waals surface area contributed by atoms with Crippen LogP contribution in [0.1, 0.15) is 63.8 Å². The molecule has 1 heterocycles. The van der Waals surface area contributed by atoms with E-state index in [4.69, 9.17) is 14.2 Å². The number of aryl methyl sites for hydroxylation is 1. The standard InChI is InChI=1S/C32H36O5S.H2/c1-3-11-24-20-28(37-26-13-6-5-7-14-26)16-17-29(24)36-19-9-8-18-35-27-15-10-12-25(21-27)32-31(34)23(4-2)22-30(33)38-32;/h5-7,10,12-17,20-21,23,32H,3-4,8-9,11,18-19,22H2,1-2H3;1H. The van der Waals surface area contributed by atoms with E-state index in [0.717, 1.165) is 71.6 Å². The Morgan fingerprint density at radius 2 is 1.61 bits per heavy atom. The number of unbranched alkanes of at least 4 members (excludes halogenated alkanes) is 1. The third-order valence-corrected chi connectivity index (χ3v) is 7.74. The van der Waals surface area contributed by atoms with Crippen LogP contribution in [0.5, 0.6) is 23.0 Å². The molecule has 0 amide bonds. The molecular weight excluding hydrogens is 496 g/mol. The number of carbonyl (C=O) groups excluding carboxylic acids is 2. The van der Waals surface area contributed by atoms with Crippen LogP contribution in [0.3, 0.4) is 0 Å². The van der Waals surface area contributed by atoms with E-state index in [1.165, 1.54) is 0 Å². The second kappa shape index (κ2) is 14.1. The lowest BCUT2D eigenvalue weighted by Gasteiger charge is -2.26. The summed E-state index contributed by atoms with van der Waals surface area (Å²) in [6.07, 6.45) is 4.70. The Balaban J connectivity index is 0.00000420. The molecular formula is C32H38O5S. The predicted octanol–water partition coefficient (Wildman–Crippen LogP) is 8.22. The fraction of sp³-hybridized carbons (Fsp3) is 0.375. The van der Waals surface area contributed by atoms with Crippen LogP contribution in [-0.2, 0) is 16.0 Å². The summed E-state index contributed by atoms with van der Waals surface area (Å²) < 4.78 is 18.0. The van der Waals surface area contributed by atoms with Gasteiger partial charge in [-0.3, -0.25) is 9.59 Å². The topological polar surface area (TPSA) is 61.8 Å². The Kier molecular flexibility index (Phi) is 10.3. The van der Waals surface area contributed by atoms with Gasteiger partial charge in [-0.05, 0) is 79.3 Å². The summed E-state index contributed by atoms with van der Waals surface area (Å²) in [6.45, 7) is 5.28. The smallest absolute Gasteiger partial charge is 0.190 e. The minimum absolute atomic E-state index is 0. The normalized spacial score (nSPS) is 17.3. The van der Waals surface area contributed by atoms with Crippen molar-refractivity contribution in [3.05, 3.63) is 83.9 Å². The van der Waals surface area contributed by atoms with Gasteiger partial charge in [0.05, 0.1) is 18.5 Å². The number of thioether (sulfide) groups is 1. The van der Waals surface area contributed by atoms with Crippen LogP contribution >= 0.6 is 11.8 Å². The predicted molar refractivity (Wildman–Crippen MR) is 154 cm³/mol. The summed E-state index contributed by atoms with van der Waals surface area (Å²) in [5, 5.41) is -0.340. The van der Waals surface area contributed by atoms with Gasteiger partial charge >= 0.3 is 0 Å². The van der Waals surface area contributed by atoms with Gasteiger partial charge in [0.2, 0.25) is 0 Å². The van der Waals surface area contributed by atoms with Crippen molar-refractivity contribution in [1.29, 1.82) is 0 Å². The Morgan fingerprint density at radius 1 is 0.842 bits per heavy atom. The lowest BCUT2D eigenvalue weighted by atomic mass is 9.92. The first-order chi connectivity index (χ1) is 18.6. The van der Waals surface area contributed by atoms with Gasteiger partial charge in [0, 0.05) is 13.8 Å². The first kappa shape index (κ1) is 27.8. The molecule has 2 unspecified atom stereocenters. The highest BCUT2D eigenvalue weighted by Crippen LogP contribution is 2.41. The number of rotatable bonds is 13. The van der Waals surface area contributed by atoms with Crippen LogP contribution in [0.25, 0.3) is 0 Å². The molecule has 38 heavy (non-hydrogen) atoms. The van der Waals surface area contributed by atoms with Crippen molar-refractivity contribution in [3.8, 4) is 23.0 Å². The van der Waals surface area contributed by atoms with Crippen molar-refractivity contribution in [2.75, 3.05) is 13.2 Å². The molecule has 2 atom stereocenters. The Bertz CT molecular complexity index is 1220. The van der Waals surface area contributed by atoms with Crippen molar-refractivity contribution in [3.63, 3.8) is 0 Å². The maximum atomic E-state index is 12.8. The molecule has 0 spiro atoms. The maximum absolute atomic E-state index is 12.8. The van der Waals surface area contributed by atoms with E-state index >= 15 is 0 Å². The zero-order valence-corrected chi connectivity index (χ0v) is 23.0. The second-order valence-electron chi connectivity index (χ2n) is 9.49. The highest BCUT2D eigenvalue weighted by Gasteiger charge is 2.36. The summed E-state index contributed by atoms with van der Waals surface area (Å²) in [5.74, 6) is 3.22. The average molecular weight is 535 g/mol. The molecule has 1 saturated heterocycles. The molecule has 0 aromatic heterocycles. The lowest BCUT2D eigenvalue weighted by Crippen LogP contribution is -2.27. The van der Waals surface area contributed by atoms with E-state index in [9.17, 15) is 9.59 Å². The monoisotopic (exact) mass is 534 g/mol. The van der Waals surface area contributed by atoms with Gasteiger partial charge < -0.3 is 14.2 Å². The Labute approximate surface area is 231 Å². The number of hydrogen-bond acceptors (Lipinski definition) is 6. The molecule has 0 bridgehead atoms. The molecule has 3 aromatic carbocycles. The zero-order chi connectivity index (χ0) is 26.7. The van der Waals surface area contributed by atoms with Crippen molar-refractivity contribution < 1.29 is 25.2 Å². The van der Waals surface area contributed by atoms with Crippen LogP contribution in [-0.4, -0.2) is 24.1 Å². The first-order valence-corrected chi connectivity index (χ1v) is 14.4. The van der Waals surface area contributed by atoms with E-state index < -0.39 is 5.25 Å². The van der Waals surface area contributed by atoms with Gasteiger partial charge in [0.15, 0.2) is 10.9 Å². The van der Waals surface area contributed by atoms with Crippen LogP contribution in [0.4, 0.5) is 0 Å². The van der Waals surface area contributed by atoms with Crippen molar-refractivity contribution in [2.45, 2.75) is 57.6 Å². The van der Waals surface area contributed by atoms with Gasteiger partial charge in [-0.25, -0.2) is 0 Å². The van der Waals surface area contributed by atoms with Crippen LogP contribution in [0.15, 0.2) is 72.8 Å². The lowest BCUT2D eigenvalue weighted by molar-refractivity contribution is -0.126. The molecule has 5 nitrogen and oxygen atoms in total. The zero-order valence-electron chi connectivity index (χ0n) is 22.2. The van der Waals surface area contributed by atoms with Crippen LogP contribution in [0, 0.1) is 5.92 Å². The SMILES string of the molecule is CCCc1cc(Oc2ccccc2)ccc1OCCCCOc1cccc(C2SC(=O)CC(CC)C2=O)c1.[HH]. The minimum atomic E-state index is -0.431. The molecule has 1 fully saturated rings. The third-order valence-electron chi connectivity index (χ3n) is 6.57. The summed E-state index contributed by atoms with van der Waals surface area (Å²) >= 11 is 1.15. The molecule has 6 heteroatoms. The minimum Gasteiger partial charge on any atom is -0.494 e. The highest BCUT2D eigenvalue weighted by atomic mass is 32.2. The van der Waals surface area contributed by atoms with E-state index in [-0.39, 0.29) is 18.2 Å². The summed E-state index contributed by atoms with van der Waals surface area (Å²) in [7, 11) is 0. The molecule has 0 radical (unpaired) electrons. The van der Waals surface area contributed by atoms with Crippen LogP contribution in [0.2, 0.25) is 0 Å². The summed E-state index contributed by atoms with van der Waals surface area (Å²) in [6, 6.07) is 23.4. The van der Waals surface area contributed by atoms with E-state index in [1.807, 2.05) is 73.7 Å². The molecule has 1 aliphatic heterocycles. The number of carbonyl (C=O) groups is 2. The molecule has 3 aromatic rings. The fourth-order valence-corrected chi connectivity index (χ4v) is 5.68. The van der Waals surface area contributed by atoms with Crippen molar-refractivity contribution >= 4 is 22.7 Å². The molecule has 202 valence electrons. The summed E-state index contributed by atoms with van der Waals surface area (Å²) in [4.78, 5) is 24.9. The number of para-hydroxylation sites is 1. The van der Waals surface area contributed by atoms with Gasteiger partial charge in [-0.1, -0.05) is 62.4 Å². The second-order valence-corrected chi connectivity index (χ2v) is 10.7. The number of ether oxygens (including phenoxy) is 3. The molecule has 0 saturated carbocycles. The van der Waals surface area contributed by atoms with Gasteiger partial charge in [0.1, 0.15) is 23.0 Å². The molecule has 1 aliphatic rings. The average Bonchev–Trinajstić information content (AvgIpc) is 2.93. The number of hydrogen-bond donors (Lipinski definition) is 0. The number of Topliss-reactive ketones (excluding diaryl/α,β-unsaturated/α-hetero) is 1. The fourth-order valence-electron chi connectivity index (χ4n) is 4.52. The van der Waals surface area contributed by atoms with E-state index in [1.54, 1.807) is 0 Å². The quantitative estimate of drug-likeness (QED) is 0.206. The third kappa shape index (κ3) is 7.64. The van der Waals surface area contributed by atoms with Gasteiger partial charge in [-0.2, -0.15) is 0 Å². The molecule has 0 N–H and O–H groups in total. The number of benzene rings is 3. The molecule has 4 rings (SSSR count). The van der Waals surface area contributed by atoms with Gasteiger partial charge in [-0.15, -0.1) is 0 Å². The Morgan fingerprint density at radius 3 is 2.37 bits per heavy atom. The van der Waals surface area contributed by atoms with E-state index in [2.05, 4.69) is 13.0 Å². The Hall–Kier alpha value is -3.25. The first-order valence-electron chi connectivity index (χ1n) is 13.5. The van der Waals surface area contributed by atoms with E-state index in [0.29, 0.717) is 26.1 Å². The van der Waals surface area contributed by atoms with Crippen molar-refractivity contribution in [1.82, 2.24) is 0 Å². The van der Waals surface area contributed by atoms with Crippen LogP contribution < -0.4 is 14.2 Å². The highest BCUT2D eigenvalue weighted by molar-refractivity contribution is 8.14. The van der Waals surface area contributed by atoms with Crippen molar-refractivity contribution in [2.24, 2.45) is 5.92 Å². The summed E-state index contributed by atoms with van der Waals surface area (Å²) in [5.41, 5.74) is 1.99.